The smallest absolute Gasteiger partial charge is 0.220 e. The van der Waals surface area contributed by atoms with E-state index in [-0.39, 0.29) is 28.7 Å². The summed E-state index contributed by atoms with van der Waals surface area (Å²) in [5, 5.41) is 3.33. The Hall–Kier alpha value is -0.910. The topological polar surface area (TPSA) is 55.4 Å². The molecule has 0 radical (unpaired) electrons. The predicted molar refractivity (Wildman–Crippen MR) is 155 cm³/mol. The molecule has 5 rings (SSSR count). The summed E-state index contributed by atoms with van der Waals surface area (Å²) in [4.78, 5) is 28.2. The van der Waals surface area contributed by atoms with E-state index >= 15 is 0 Å². The minimum atomic E-state index is -0.00342. The molecule has 0 saturated heterocycles. The molecule has 1 heterocycles. The number of ether oxygens (including phenoxy) is 1. The lowest BCUT2D eigenvalue weighted by Crippen LogP contribution is -2.57. The molecule has 1 aromatic rings. The Kier molecular flexibility index (Phi) is 8.15. The van der Waals surface area contributed by atoms with E-state index in [0.29, 0.717) is 53.8 Å². The van der Waals surface area contributed by atoms with Crippen molar-refractivity contribution in [2.45, 2.75) is 105 Å². The molecule has 4 aliphatic carbocycles. The van der Waals surface area contributed by atoms with Crippen molar-refractivity contribution in [1.82, 2.24) is 5.32 Å². The molecular weight excluding hydrogens is 514 g/mol. The summed E-state index contributed by atoms with van der Waals surface area (Å²) in [6.07, 6.45) is 9.64. The molecule has 212 valence electrons. The number of methoxy groups -OCH3 is 1. The molecule has 0 aromatic carbocycles. The van der Waals surface area contributed by atoms with Gasteiger partial charge in [0.25, 0.3) is 0 Å². The molecular formula is C32H48ClNO3S. The Morgan fingerprint density at radius 1 is 1.11 bits per heavy atom. The van der Waals surface area contributed by atoms with Gasteiger partial charge in [-0.3, -0.25) is 9.59 Å². The largest absolute Gasteiger partial charge is 0.381 e. The molecule has 0 unspecified atom stereocenters. The zero-order chi connectivity index (χ0) is 27.4. The summed E-state index contributed by atoms with van der Waals surface area (Å²) in [7, 11) is 1.83. The normalized spacial score (nSPS) is 40.3. The lowest BCUT2D eigenvalue weighted by molar-refractivity contribution is -0.162. The Morgan fingerprint density at radius 3 is 2.47 bits per heavy atom. The summed E-state index contributed by atoms with van der Waals surface area (Å²) >= 11 is 7.75. The summed E-state index contributed by atoms with van der Waals surface area (Å²) in [6.45, 7) is 11.5. The number of amides is 1. The first-order chi connectivity index (χ1) is 18.0. The van der Waals surface area contributed by atoms with E-state index in [9.17, 15) is 9.59 Å². The van der Waals surface area contributed by atoms with Crippen LogP contribution in [0.3, 0.4) is 0 Å². The highest BCUT2D eigenvalue weighted by molar-refractivity contribution is 7.16. The monoisotopic (exact) mass is 561 g/mol. The van der Waals surface area contributed by atoms with Gasteiger partial charge in [0, 0.05) is 30.7 Å². The molecule has 6 heteroatoms. The number of carbonyl (C=O) groups excluding carboxylic acids is 2. The molecule has 10 atom stereocenters. The quantitative estimate of drug-likeness (QED) is 0.366. The van der Waals surface area contributed by atoms with E-state index < -0.39 is 0 Å². The van der Waals surface area contributed by atoms with E-state index in [2.05, 4.69) is 39.9 Å². The molecule has 0 aliphatic heterocycles. The average Bonchev–Trinajstić information content (AvgIpc) is 3.45. The minimum absolute atomic E-state index is 0.00342. The van der Waals surface area contributed by atoms with Crippen molar-refractivity contribution in [3.05, 3.63) is 21.3 Å². The predicted octanol–water partition coefficient (Wildman–Crippen LogP) is 8.09. The summed E-state index contributed by atoms with van der Waals surface area (Å²) in [6, 6.07) is 3.95. The van der Waals surface area contributed by atoms with E-state index in [4.69, 9.17) is 16.3 Å². The molecule has 38 heavy (non-hydrogen) atoms. The van der Waals surface area contributed by atoms with Gasteiger partial charge in [-0.25, -0.2) is 0 Å². The van der Waals surface area contributed by atoms with Gasteiger partial charge in [-0.15, -0.1) is 11.3 Å². The summed E-state index contributed by atoms with van der Waals surface area (Å²) < 4.78 is 6.49. The lowest BCUT2D eigenvalue weighted by atomic mass is 9.44. The third-order valence-electron chi connectivity index (χ3n) is 11.9. The number of hydrogen-bond acceptors (Lipinski definition) is 4. The Balaban J connectivity index is 1.27. The number of hydrogen-bond donors (Lipinski definition) is 1. The highest BCUT2D eigenvalue weighted by Gasteiger charge is 2.63. The molecule has 1 N–H and O–H groups in total. The van der Waals surface area contributed by atoms with E-state index in [1.807, 2.05) is 19.2 Å². The van der Waals surface area contributed by atoms with Crippen molar-refractivity contribution in [3.8, 4) is 0 Å². The van der Waals surface area contributed by atoms with E-state index in [1.165, 1.54) is 12.8 Å². The van der Waals surface area contributed by atoms with Crippen LogP contribution in [0, 0.1) is 52.3 Å². The molecule has 4 aliphatic rings. The van der Waals surface area contributed by atoms with Gasteiger partial charge in [0.05, 0.1) is 16.5 Å². The molecule has 1 aromatic heterocycles. The van der Waals surface area contributed by atoms with Crippen LogP contribution in [0.5, 0.6) is 0 Å². The summed E-state index contributed by atoms with van der Waals surface area (Å²) in [5.74, 6) is 3.46. The lowest BCUT2D eigenvalue weighted by Gasteiger charge is -2.60. The van der Waals surface area contributed by atoms with Crippen molar-refractivity contribution >= 4 is 34.6 Å². The van der Waals surface area contributed by atoms with Crippen LogP contribution in [0.2, 0.25) is 4.34 Å². The van der Waals surface area contributed by atoms with Crippen LogP contribution < -0.4 is 5.32 Å². The number of carbonyl (C=O) groups is 2. The molecule has 4 fully saturated rings. The van der Waals surface area contributed by atoms with E-state index in [0.717, 1.165) is 47.7 Å². The first kappa shape index (κ1) is 28.6. The number of Topliss-reactive ketones (excluding diaryl/α,β-unsaturated/α-hetero) is 1. The Morgan fingerprint density at radius 2 is 1.82 bits per heavy atom. The minimum Gasteiger partial charge on any atom is -0.381 e. The Labute approximate surface area is 239 Å². The molecule has 4 nitrogen and oxygen atoms in total. The maximum Gasteiger partial charge on any atom is 0.220 e. The van der Waals surface area contributed by atoms with Gasteiger partial charge in [-0.05, 0) is 103 Å². The van der Waals surface area contributed by atoms with Crippen LogP contribution in [0.1, 0.15) is 103 Å². The highest BCUT2D eigenvalue weighted by Crippen LogP contribution is 2.67. The fourth-order valence-electron chi connectivity index (χ4n) is 9.81. The fourth-order valence-corrected chi connectivity index (χ4v) is 11.1. The van der Waals surface area contributed by atoms with Gasteiger partial charge in [0.1, 0.15) is 5.78 Å². The number of nitrogens with one attached hydrogen (secondary N) is 1. The van der Waals surface area contributed by atoms with Crippen LogP contribution in [0.15, 0.2) is 12.1 Å². The number of halogens is 1. The van der Waals surface area contributed by atoms with Crippen molar-refractivity contribution in [1.29, 1.82) is 0 Å². The van der Waals surface area contributed by atoms with Gasteiger partial charge in [-0.1, -0.05) is 46.2 Å². The van der Waals surface area contributed by atoms with E-state index in [1.54, 1.807) is 11.3 Å². The maximum atomic E-state index is 13.8. The van der Waals surface area contributed by atoms with Gasteiger partial charge in [-0.2, -0.15) is 0 Å². The second kappa shape index (κ2) is 10.8. The van der Waals surface area contributed by atoms with Crippen LogP contribution in [-0.4, -0.2) is 24.9 Å². The van der Waals surface area contributed by atoms with Crippen molar-refractivity contribution in [2.24, 2.45) is 52.3 Å². The number of thiophene rings is 1. The molecule has 0 bridgehead atoms. The second-order valence-corrected chi connectivity index (χ2v) is 15.8. The van der Waals surface area contributed by atoms with Crippen LogP contribution in [-0.2, 0) is 14.3 Å². The van der Waals surface area contributed by atoms with Gasteiger partial charge >= 0.3 is 0 Å². The van der Waals surface area contributed by atoms with Crippen LogP contribution in [0.4, 0.5) is 0 Å². The number of rotatable bonds is 7. The standard InChI is InChI=1S/C32H48ClNO3S/c1-18(2)30(26-9-10-27(33)38-26)34-28(36)15-19(3)22-7-8-23-29-24(12-14-32(22,23)5)31(4)13-11-21(37-6)16-20(31)17-25(29)35/h9-10,18-24,29-30H,7-8,11-17H2,1-6H3,(H,34,36)/t19-,20+,21-,22-,23+,24+,29+,30-,31+,32-/m1/s1. The zero-order valence-corrected chi connectivity index (χ0v) is 25.8. The number of fused-ring (bicyclic) bond motifs is 5. The van der Waals surface area contributed by atoms with Gasteiger partial charge in [0.15, 0.2) is 0 Å². The zero-order valence-electron chi connectivity index (χ0n) is 24.2. The first-order valence-corrected chi connectivity index (χ1v) is 16.3. The van der Waals surface area contributed by atoms with Gasteiger partial charge < -0.3 is 10.1 Å². The SMILES string of the molecule is CO[C@@H]1CC[C@@]2(C)[C@H](CC(=O)[C@@H]3[C@@H]2CC[C@]2(C)[C@@H]([C@H](C)CC(=O)N[C@@H](c4ccc(Cl)s4)C(C)C)CC[C@@H]32)C1. The molecule has 4 saturated carbocycles. The van der Waals surface area contributed by atoms with Crippen molar-refractivity contribution in [2.75, 3.05) is 7.11 Å². The van der Waals surface area contributed by atoms with Crippen LogP contribution >= 0.6 is 22.9 Å². The van der Waals surface area contributed by atoms with Crippen molar-refractivity contribution < 1.29 is 14.3 Å². The maximum absolute atomic E-state index is 13.8. The Bertz CT molecular complexity index is 1040. The molecule has 0 spiro atoms. The second-order valence-electron chi connectivity index (χ2n) is 14.1. The van der Waals surface area contributed by atoms with Gasteiger partial charge in [0.2, 0.25) is 5.91 Å². The third-order valence-corrected chi connectivity index (χ3v) is 13.2. The third kappa shape index (κ3) is 4.91. The average molecular weight is 562 g/mol. The first-order valence-electron chi connectivity index (χ1n) is 15.1. The van der Waals surface area contributed by atoms with Crippen molar-refractivity contribution in [3.63, 3.8) is 0 Å². The fraction of sp³-hybridized carbons (Fsp3) is 0.812. The number of ketones is 1. The molecule has 1 amide bonds. The van der Waals surface area contributed by atoms with Crippen LogP contribution in [0.25, 0.3) is 0 Å². The highest BCUT2D eigenvalue weighted by atomic mass is 35.5. The summed E-state index contributed by atoms with van der Waals surface area (Å²) in [5.41, 5.74) is 0.428.